The fourth-order valence-corrected chi connectivity index (χ4v) is 4.21. The highest BCUT2D eigenvalue weighted by molar-refractivity contribution is 7.92. The lowest BCUT2D eigenvalue weighted by Gasteiger charge is -2.00. The van der Waals surface area contributed by atoms with Gasteiger partial charge in [0.1, 0.15) is 5.69 Å². The summed E-state index contributed by atoms with van der Waals surface area (Å²) in [7, 11) is -3.61. The number of carbonyl (C=O) groups excluding carboxylic acids is 1. The van der Waals surface area contributed by atoms with Crippen LogP contribution in [0.2, 0.25) is 0 Å². The maximum atomic E-state index is 12.4. The molecular weight excluding hydrogens is 348 g/mol. The fraction of sp³-hybridized carbons (Fsp3) is 0.0667. The number of pyridine rings is 1. The van der Waals surface area contributed by atoms with Crippen molar-refractivity contribution in [1.82, 2.24) is 15.2 Å². The molecule has 1 amide bonds. The zero-order valence-electron chi connectivity index (χ0n) is 12.3. The summed E-state index contributed by atoms with van der Waals surface area (Å²) in [6.07, 6.45) is 1.49. The molecule has 3 aromatic rings. The molecule has 1 N–H and O–H groups in total. The zero-order chi connectivity index (χ0) is 17.0. The van der Waals surface area contributed by atoms with Crippen molar-refractivity contribution in [1.29, 1.82) is 0 Å². The van der Waals surface area contributed by atoms with E-state index in [0.717, 1.165) is 11.3 Å². The Morgan fingerprint density at radius 1 is 1.04 bits per heavy atom. The van der Waals surface area contributed by atoms with Crippen molar-refractivity contribution in [2.75, 3.05) is 5.32 Å². The average molecular weight is 360 g/mol. The number of benzene rings is 1. The molecule has 9 heteroatoms. The molecule has 0 aliphatic rings. The van der Waals surface area contributed by atoms with Crippen molar-refractivity contribution in [2.24, 2.45) is 0 Å². The molecule has 2 heterocycles. The van der Waals surface area contributed by atoms with Gasteiger partial charge in [-0.2, -0.15) is 0 Å². The normalized spacial score (nSPS) is 11.2. The first-order valence-electron chi connectivity index (χ1n) is 6.87. The third-order valence-corrected chi connectivity index (χ3v) is 5.96. The monoisotopic (exact) mass is 360 g/mol. The number of hydrogen-bond donors (Lipinski definition) is 1. The second-order valence-corrected chi connectivity index (χ2v) is 7.93. The Kier molecular flexibility index (Phi) is 4.63. The smallest absolute Gasteiger partial charge is 0.276 e. The molecule has 0 saturated carbocycles. The van der Waals surface area contributed by atoms with E-state index in [2.05, 4.69) is 20.5 Å². The Morgan fingerprint density at radius 2 is 1.79 bits per heavy atom. The highest BCUT2D eigenvalue weighted by atomic mass is 32.2. The minimum absolute atomic E-state index is 0.109. The lowest BCUT2D eigenvalue weighted by Crippen LogP contribution is -2.13. The van der Waals surface area contributed by atoms with Crippen LogP contribution in [0.1, 0.15) is 16.1 Å². The van der Waals surface area contributed by atoms with E-state index < -0.39 is 15.7 Å². The number of anilines is 1. The third-order valence-electron chi connectivity index (χ3n) is 2.99. The van der Waals surface area contributed by atoms with Crippen molar-refractivity contribution in [3.8, 4) is 0 Å². The highest BCUT2D eigenvalue weighted by Gasteiger charge is 2.22. The van der Waals surface area contributed by atoms with E-state index >= 15 is 0 Å². The van der Waals surface area contributed by atoms with Gasteiger partial charge in [0, 0.05) is 6.20 Å². The SMILES string of the molecule is O=C(Nc1nnc(S(=O)(=O)Cc2ccccc2)s1)c1ccccn1. The Balaban J connectivity index is 1.74. The maximum absolute atomic E-state index is 12.4. The molecule has 0 aliphatic carbocycles. The molecule has 1 aromatic carbocycles. The van der Waals surface area contributed by atoms with Crippen LogP contribution in [0.4, 0.5) is 5.13 Å². The quantitative estimate of drug-likeness (QED) is 0.700. The molecule has 0 atom stereocenters. The lowest BCUT2D eigenvalue weighted by atomic mass is 10.2. The summed E-state index contributed by atoms with van der Waals surface area (Å²) in [5.41, 5.74) is 0.869. The standard InChI is InChI=1S/C15H12N4O3S2/c20-13(12-8-4-5-9-16-12)17-14-18-19-15(23-14)24(21,22)10-11-6-2-1-3-7-11/h1-9H,10H2,(H,17,18,20). The molecule has 0 spiro atoms. The van der Waals surface area contributed by atoms with E-state index in [1.807, 2.05) is 6.07 Å². The largest absolute Gasteiger partial charge is 0.295 e. The van der Waals surface area contributed by atoms with Crippen LogP contribution in [0.15, 0.2) is 59.1 Å². The minimum atomic E-state index is -3.61. The molecule has 0 aliphatic heterocycles. The van der Waals surface area contributed by atoms with Gasteiger partial charge in [-0.25, -0.2) is 8.42 Å². The van der Waals surface area contributed by atoms with E-state index in [9.17, 15) is 13.2 Å². The van der Waals surface area contributed by atoms with Crippen LogP contribution in [0, 0.1) is 0 Å². The van der Waals surface area contributed by atoms with E-state index in [-0.39, 0.29) is 20.9 Å². The molecule has 7 nitrogen and oxygen atoms in total. The second-order valence-electron chi connectivity index (χ2n) is 4.79. The summed E-state index contributed by atoms with van der Waals surface area (Å²) in [4.78, 5) is 15.9. The number of sulfone groups is 1. The molecule has 122 valence electrons. The Hall–Kier alpha value is -2.65. The number of rotatable bonds is 5. The fourth-order valence-electron chi connectivity index (χ4n) is 1.90. The van der Waals surface area contributed by atoms with Gasteiger partial charge in [0.15, 0.2) is 0 Å². The van der Waals surface area contributed by atoms with Gasteiger partial charge < -0.3 is 0 Å². The zero-order valence-corrected chi connectivity index (χ0v) is 13.9. The van der Waals surface area contributed by atoms with Gasteiger partial charge in [-0.1, -0.05) is 47.7 Å². The number of nitrogens with one attached hydrogen (secondary N) is 1. The van der Waals surface area contributed by atoms with Gasteiger partial charge in [-0.15, -0.1) is 10.2 Å². The van der Waals surface area contributed by atoms with Crippen LogP contribution in [-0.2, 0) is 15.6 Å². The van der Waals surface area contributed by atoms with Crippen LogP contribution in [-0.4, -0.2) is 29.5 Å². The summed E-state index contributed by atoms with van der Waals surface area (Å²) >= 11 is 0.812. The lowest BCUT2D eigenvalue weighted by molar-refractivity contribution is 0.102. The molecule has 0 radical (unpaired) electrons. The highest BCUT2D eigenvalue weighted by Crippen LogP contribution is 2.23. The second kappa shape index (κ2) is 6.85. The van der Waals surface area contributed by atoms with Gasteiger partial charge in [0.05, 0.1) is 5.75 Å². The van der Waals surface area contributed by atoms with Crippen LogP contribution < -0.4 is 5.32 Å². The summed E-state index contributed by atoms with van der Waals surface area (Å²) < 4.78 is 24.6. The first-order valence-corrected chi connectivity index (χ1v) is 9.34. The van der Waals surface area contributed by atoms with Crippen LogP contribution in [0.25, 0.3) is 0 Å². The van der Waals surface area contributed by atoms with Gasteiger partial charge in [0.2, 0.25) is 19.3 Å². The summed E-state index contributed by atoms with van der Waals surface area (Å²) in [6.45, 7) is 0. The van der Waals surface area contributed by atoms with Crippen molar-refractivity contribution in [3.63, 3.8) is 0 Å². The number of aromatic nitrogens is 3. The minimum Gasteiger partial charge on any atom is -0.295 e. The third kappa shape index (κ3) is 3.81. The van der Waals surface area contributed by atoms with Crippen LogP contribution in [0.3, 0.4) is 0 Å². The summed E-state index contributed by atoms with van der Waals surface area (Å²) in [5, 5.41) is 10.00. The molecule has 0 fully saturated rings. The topological polar surface area (TPSA) is 102 Å². The number of carbonyl (C=O) groups is 1. The van der Waals surface area contributed by atoms with Crippen molar-refractivity contribution < 1.29 is 13.2 Å². The van der Waals surface area contributed by atoms with Crippen molar-refractivity contribution in [3.05, 3.63) is 66.0 Å². The molecule has 0 bridgehead atoms. The van der Waals surface area contributed by atoms with E-state index in [0.29, 0.717) is 5.56 Å². The van der Waals surface area contributed by atoms with Crippen molar-refractivity contribution in [2.45, 2.75) is 10.1 Å². The number of amides is 1. The number of nitrogens with zero attached hydrogens (tertiary/aromatic N) is 3. The average Bonchev–Trinajstić information content (AvgIpc) is 3.06. The predicted molar refractivity (Wildman–Crippen MR) is 89.4 cm³/mol. The van der Waals surface area contributed by atoms with E-state index in [1.54, 1.807) is 42.5 Å². The van der Waals surface area contributed by atoms with Gasteiger partial charge in [0.25, 0.3) is 5.91 Å². The number of hydrogen-bond acceptors (Lipinski definition) is 7. The predicted octanol–water partition coefficient (Wildman–Crippen LogP) is 2.16. The van der Waals surface area contributed by atoms with Crippen LogP contribution >= 0.6 is 11.3 Å². The first kappa shape index (κ1) is 16.2. The van der Waals surface area contributed by atoms with Crippen LogP contribution in [0.5, 0.6) is 0 Å². The summed E-state index contributed by atoms with van der Waals surface area (Å²) in [5.74, 6) is -0.643. The molecule has 0 saturated heterocycles. The van der Waals surface area contributed by atoms with Gasteiger partial charge >= 0.3 is 0 Å². The Labute approximate surface area is 142 Å². The molecule has 3 rings (SSSR count). The van der Waals surface area contributed by atoms with E-state index in [1.165, 1.54) is 6.20 Å². The van der Waals surface area contributed by atoms with E-state index in [4.69, 9.17) is 0 Å². The van der Waals surface area contributed by atoms with Gasteiger partial charge in [-0.3, -0.25) is 15.1 Å². The molecular formula is C15H12N4O3S2. The van der Waals surface area contributed by atoms with Gasteiger partial charge in [-0.05, 0) is 17.7 Å². The Bertz CT molecular complexity index is 941. The summed E-state index contributed by atoms with van der Waals surface area (Å²) in [6, 6.07) is 13.7. The molecule has 2 aromatic heterocycles. The van der Waals surface area contributed by atoms with Crippen molar-refractivity contribution >= 4 is 32.2 Å². The molecule has 24 heavy (non-hydrogen) atoms. The first-order chi connectivity index (χ1) is 11.5. The maximum Gasteiger partial charge on any atom is 0.276 e. The Morgan fingerprint density at radius 3 is 2.50 bits per heavy atom. The molecule has 0 unspecified atom stereocenters.